The Balaban J connectivity index is 2.60. The van der Waals surface area contributed by atoms with E-state index in [0.29, 0.717) is 0 Å². The molecule has 2 heterocycles. The molecular formula is C12H15N5. The van der Waals surface area contributed by atoms with Crippen molar-refractivity contribution in [2.75, 3.05) is 21.1 Å². The lowest BCUT2D eigenvalue weighted by Crippen LogP contribution is -2.04. The van der Waals surface area contributed by atoms with Crippen molar-refractivity contribution in [3.63, 3.8) is 0 Å². The van der Waals surface area contributed by atoms with Crippen LogP contribution in [0.2, 0.25) is 0 Å². The molecule has 0 aliphatic heterocycles. The molecule has 0 bridgehead atoms. The number of aromatic amines is 1. The maximum Gasteiger partial charge on any atom is 0.141 e. The summed E-state index contributed by atoms with van der Waals surface area (Å²) < 4.78 is 0. The molecule has 2 aromatic rings. The first-order chi connectivity index (χ1) is 8.22. The van der Waals surface area contributed by atoms with Crippen molar-refractivity contribution in [2.45, 2.75) is 0 Å². The zero-order chi connectivity index (χ0) is 12.3. The smallest absolute Gasteiger partial charge is 0.141 e. The third-order valence-corrected chi connectivity index (χ3v) is 2.29. The average Bonchev–Trinajstić information content (AvgIpc) is 2.75. The Morgan fingerprint density at radius 2 is 2.24 bits per heavy atom. The monoisotopic (exact) mass is 229 g/mol. The lowest BCUT2D eigenvalue weighted by molar-refractivity contribution is 0.566. The van der Waals surface area contributed by atoms with E-state index in [9.17, 15) is 0 Å². The zero-order valence-corrected chi connectivity index (χ0v) is 10.2. The van der Waals surface area contributed by atoms with E-state index in [1.807, 2.05) is 37.5 Å². The van der Waals surface area contributed by atoms with Crippen LogP contribution in [0.15, 0.2) is 29.8 Å². The molecule has 0 saturated carbocycles. The first-order valence-electron chi connectivity index (χ1n) is 5.31. The van der Waals surface area contributed by atoms with Gasteiger partial charge in [-0.05, 0) is 6.07 Å². The van der Waals surface area contributed by atoms with Crippen molar-refractivity contribution in [1.29, 1.82) is 0 Å². The summed E-state index contributed by atoms with van der Waals surface area (Å²) in [6, 6.07) is 1.97. The lowest BCUT2D eigenvalue weighted by atomic mass is 10.1. The van der Waals surface area contributed by atoms with Crippen molar-refractivity contribution < 1.29 is 0 Å². The van der Waals surface area contributed by atoms with Gasteiger partial charge in [0.25, 0.3) is 0 Å². The third kappa shape index (κ3) is 2.33. The Hall–Kier alpha value is -2.17. The number of hydrogen-bond donors (Lipinski definition) is 1. The third-order valence-electron chi connectivity index (χ3n) is 2.29. The van der Waals surface area contributed by atoms with Gasteiger partial charge in [0.05, 0.1) is 5.69 Å². The minimum absolute atomic E-state index is 0.837. The van der Waals surface area contributed by atoms with E-state index in [0.717, 1.165) is 22.3 Å². The number of nitrogens with zero attached hydrogens (tertiary/aromatic N) is 4. The van der Waals surface area contributed by atoms with Crippen molar-refractivity contribution in [3.8, 4) is 0 Å². The molecule has 0 aliphatic rings. The van der Waals surface area contributed by atoms with Crippen LogP contribution in [0.1, 0.15) is 5.69 Å². The van der Waals surface area contributed by atoms with Gasteiger partial charge >= 0.3 is 0 Å². The van der Waals surface area contributed by atoms with E-state index in [-0.39, 0.29) is 0 Å². The van der Waals surface area contributed by atoms with Gasteiger partial charge < -0.3 is 9.88 Å². The fourth-order valence-electron chi connectivity index (χ4n) is 1.68. The van der Waals surface area contributed by atoms with Gasteiger partial charge in [-0.3, -0.25) is 4.99 Å². The fraction of sp³-hybridized carbons (Fsp3) is 0.250. The summed E-state index contributed by atoms with van der Waals surface area (Å²) >= 11 is 0. The van der Waals surface area contributed by atoms with Gasteiger partial charge in [0, 0.05) is 50.7 Å². The molecule has 0 unspecified atom stereocenters. The molecular weight excluding hydrogens is 214 g/mol. The molecule has 0 fully saturated rings. The molecule has 5 nitrogen and oxygen atoms in total. The number of allylic oxidation sites excluding steroid dienone is 1. The number of fused-ring (bicyclic) bond motifs is 1. The van der Waals surface area contributed by atoms with Gasteiger partial charge in [-0.25, -0.2) is 9.97 Å². The van der Waals surface area contributed by atoms with Gasteiger partial charge in [-0.15, -0.1) is 0 Å². The molecule has 0 amide bonds. The predicted octanol–water partition coefficient (Wildman–Crippen LogP) is 1.56. The molecule has 0 saturated heterocycles. The number of hydrogen-bond acceptors (Lipinski definition) is 4. The molecule has 0 aliphatic carbocycles. The molecule has 0 aromatic carbocycles. The van der Waals surface area contributed by atoms with Crippen LogP contribution in [-0.4, -0.2) is 47.2 Å². The summed E-state index contributed by atoms with van der Waals surface area (Å²) in [6.07, 6.45) is 7.21. The second kappa shape index (κ2) is 4.78. The summed E-state index contributed by atoms with van der Waals surface area (Å²) in [7, 11) is 5.69. The standard InChI is InChI=1S/C12H15N5/c1-13-6-9(7-17(2)3)11-10-4-5-14-12(10)16-8-15-11/h4-8H,1-3H3,(H,14,15,16)/b9-7?,13-6+. The average molecular weight is 229 g/mol. The maximum atomic E-state index is 4.33. The van der Waals surface area contributed by atoms with Crippen LogP contribution in [0.25, 0.3) is 16.6 Å². The maximum absolute atomic E-state index is 4.33. The molecule has 17 heavy (non-hydrogen) atoms. The van der Waals surface area contributed by atoms with Crippen LogP contribution in [0.5, 0.6) is 0 Å². The van der Waals surface area contributed by atoms with Gasteiger partial charge in [0.15, 0.2) is 0 Å². The van der Waals surface area contributed by atoms with Crippen molar-refractivity contribution in [2.24, 2.45) is 4.99 Å². The number of H-pyrrole nitrogens is 1. The molecule has 0 radical (unpaired) electrons. The SMILES string of the molecule is C/N=C/C(=CN(C)C)c1ncnc2[nH]ccc12. The minimum Gasteiger partial charge on any atom is -0.383 e. The Labute approximate surface area is 99.9 Å². The molecule has 5 heteroatoms. The number of rotatable bonds is 3. The van der Waals surface area contributed by atoms with Gasteiger partial charge in [-0.1, -0.05) is 0 Å². The first kappa shape index (κ1) is 11.3. The Kier molecular flexibility index (Phi) is 3.18. The molecule has 2 rings (SSSR count). The van der Waals surface area contributed by atoms with Crippen molar-refractivity contribution in [1.82, 2.24) is 19.9 Å². The fourth-order valence-corrected chi connectivity index (χ4v) is 1.68. The van der Waals surface area contributed by atoms with Gasteiger partial charge in [-0.2, -0.15) is 0 Å². The molecule has 1 N–H and O–H groups in total. The predicted molar refractivity (Wildman–Crippen MR) is 70.0 cm³/mol. The molecule has 88 valence electrons. The Bertz CT molecular complexity index is 565. The van der Waals surface area contributed by atoms with E-state index in [4.69, 9.17) is 0 Å². The molecule has 2 aromatic heterocycles. The summed E-state index contributed by atoms with van der Waals surface area (Å²) in [5, 5.41) is 1.00. The summed E-state index contributed by atoms with van der Waals surface area (Å²) in [6.45, 7) is 0. The summed E-state index contributed by atoms with van der Waals surface area (Å²) in [4.78, 5) is 17.6. The second-order valence-corrected chi connectivity index (χ2v) is 3.90. The van der Waals surface area contributed by atoms with Crippen LogP contribution in [0.3, 0.4) is 0 Å². The Morgan fingerprint density at radius 1 is 1.41 bits per heavy atom. The van der Waals surface area contributed by atoms with Crippen LogP contribution >= 0.6 is 0 Å². The number of aliphatic imine (C=N–C) groups is 1. The largest absolute Gasteiger partial charge is 0.383 e. The first-order valence-corrected chi connectivity index (χ1v) is 5.31. The van der Waals surface area contributed by atoms with Crippen LogP contribution in [0, 0.1) is 0 Å². The normalized spacial score (nSPS) is 12.5. The highest BCUT2D eigenvalue weighted by Gasteiger charge is 2.08. The van der Waals surface area contributed by atoms with E-state index in [2.05, 4.69) is 19.9 Å². The van der Waals surface area contributed by atoms with Crippen LogP contribution in [-0.2, 0) is 0 Å². The highest BCUT2D eigenvalue weighted by Crippen LogP contribution is 2.19. The highest BCUT2D eigenvalue weighted by atomic mass is 15.0. The zero-order valence-electron chi connectivity index (χ0n) is 10.2. The topological polar surface area (TPSA) is 57.2 Å². The number of nitrogens with one attached hydrogen (secondary N) is 1. The van der Waals surface area contributed by atoms with E-state index >= 15 is 0 Å². The highest BCUT2D eigenvalue weighted by molar-refractivity contribution is 6.13. The van der Waals surface area contributed by atoms with E-state index < -0.39 is 0 Å². The van der Waals surface area contributed by atoms with Crippen LogP contribution < -0.4 is 0 Å². The van der Waals surface area contributed by atoms with E-state index in [1.165, 1.54) is 0 Å². The second-order valence-electron chi connectivity index (χ2n) is 3.90. The summed E-state index contributed by atoms with van der Waals surface area (Å²) in [5.41, 5.74) is 2.68. The van der Waals surface area contributed by atoms with Gasteiger partial charge in [0.1, 0.15) is 12.0 Å². The van der Waals surface area contributed by atoms with Crippen LogP contribution in [0.4, 0.5) is 0 Å². The lowest BCUT2D eigenvalue weighted by Gasteiger charge is -2.08. The summed E-state index contributed by atoms with van der Waals surface area (Å²) in [5.74, 6) is 0. The van der Waals surface area contributed by atoms with E-state index in [1.54, 1.807) is 19.6 Å². The Morgan fingerprint density at radius 3 is 2.94 bits per heavy atom. The molecule has 0 spiro atoms. The van der Waals surface area contributed by atoms with Gasteiger partial charge in [0.2, 0.25) is 0 Å². The molecule has 0 atom stereocenters. The quantitative estimate of drug-likeness (QED) is 0.813. The number of aromatic nitrogens is 3. The van der Waals surface area contributed by atoms with Crippen molar-refractivity contribution >= 4 is 22.8 Å². The van der Waals surface area contributed by atoms with Crippen molar-refractivity contribution in [3.05, 3.63) is 30.5 Å². The minimum atomic E-state index is 0.837.